The van der Waals surface area contributed by atoms with Crippen molar-refractivity contribution >= 4 is 27.0 Å². The first kappa shape index (κ1) is 10.4. The Balaban J connectivity index is 2.80. The van der Waals surface area contributed by atoms with Crippen LogP contribution in [0.2, 0.25) is 0 Å². The molecule has 0 aliphatic carbocycles. The fourth-order valence-electron chi connectivity index (χ4n) is 1.63. The molecule has 0 fully saturated rings. The number of imidazole rings is 1. The zero-order chi connectivity index (χ0) is 11.0. The Morgan fingerprint density at radius 3 is 3.00 bits per heavy atom. The lowest BCUT2D eigenvalue weighted by Crippen LogP contribution is -2.22. The third-order valence-corrected chi connectivity index (χ3v) is 3.07. The van der Waals surface area contributed by atoms with Crippen LogP contribution in [0.15, 0.2) is 27.5 Å². The molecule has 0 spiro atoms. The van der Waals surface area contributed by atoms with E-state index in [0.717, 1.165) is 15.5 Å². The Bertz CT molecular complexity index is 544. The molecule has 0 saturated heterocycles. The van der Waals surface area contributed by atoms with Gasteiger partial charge in [-0.3, -0.25) is 4.57 Å². The van der Waals surface area contributed by atoms with Gasteiger partial charge in [0.15, 0.2) is 0 Å². The van der Waals surface area contributed by atoms with Gasteiger partial charge in [-0.05, 0) is 35.0 Å². The van der Waals surface area contributed by atoms with E-state index in [0.29, 0.717) is 0 Å². The quantitative estimate of drug-likeness (QED) is 0.872. The summed E-state index contributed by atoms with van der Waals surface area (Å²) in [6.45, 7) is 1.74. The molecule has 0 radical (unpaired) electrons. The molecular formula is C10H11BrN2O2. The summed E-state index contributed by atoms with van der Waals surface area (Å²) in [5, 5.41) is 9.07. The van der Waals surface area contributed by atoms with Crippen molar-refractivity contribution in [3.8, 4) is 0 Å². The highest BCUT2D eigenvalue weighted by Crippen LogP contribution is 2.22. The summed E-state index contributed by atoms with van der Waals surface area (Å²) >= 11 is 3.37. The Hall–Kier alpha value is -1.07. The highest BCUT2D eigenvalue weighted by Gasteiger charge is 2.13. The largest absolute Gasteiger partial charge is 0.394 e. The van der Waals surface area contributed by atoms with Crippen LogP contribution in [-0.4, -0.2) is 21.3 Å². The van der Waals surface area contributed by atoms with Gasteiger partial charge in [0.1, 0.15) is 0 Å². The molecule has 0 bridgehead atoms. The van der Waals surface area contributed by atoms with Crippen molar-refractivity contribution < 1.29 is 5.11 Å². The minimum Gasteiger partial charge on any atom is -0.394 e. The van der Waals surface area contributed by atoms with Crippen LogP contribution in [0.3, 0.4) is 0 Å². The van der Waals surface area contributed by atoms with E-state index in [1.54, 1.807) is 11.5 Å². The molecule has 1 aromatic carbocycles. The molecule has 15 heavy (non-hydrogen) atoms. The molecule has 5 heteroatoms. The standard InChI is InChI=1S/C10H11BrN2O2/c1-6(5-14)13-8-4-2-3-7(11)9(8)12-10(13)15/h2-4,6,14H,5H2,1H3,(H,12,15). The fraction of sp³-hybridized carbons (Fsp3) is 0.300. The number of fused-ring (bicyclic) bond motifs is 1. The summed E-state index contributed by atoms with van der Waals surface area (Å²) in [6.07, 6.45) is 0. The summed E-state index contributed by atoms with van der Waals surface area (Å²) < 4.78 is 2.40. The van der Waals surface area contributed by atoms with Gasteiger partial charge in [0.2, 0.25) is 0 Å². The number of halogens is 1. The lowest BCUT2D eigenvalue weighted by Gasteiger charge is -2.09. The fourth-order valence-corrected chi connectivity index (χ4v) is 2.09. The van der Waals surface area contributed by atoms with Crippen molar-refractivity contribution in [2.75, 3.05) is 6.61 Å². The van der Waals surface area contributed by atoms with Crippen LogP contribution in [0, 0.1) is 0 Å². The van der Waals surface area contributed by atoms with Crippen LogP contribution >= 0.6 is 15.9 Å². The number of aromatic amines is 1. The minimum absolute atomic E-state index is 0.0562. The van der Waals surface area contributed by atoms with Crippen molar-refractivity contribution in [3.05, 3.63) is 33.2 Å². The third kappa shape index (κ3) is 1.61. The van der Waals surface area contributed by atoms with E-state index >= 15 is 0 Å². The highest BCUT2D eigenvalue weighted by atomic mass is 79.9. The second-order valence-electron chi connectivity index (χ2n) is 3.47. The maximum absolute atomic E-state index is 11.7. The van der Waals surface area contributed by atoms with Gasteiger partial charge in [0.05, 0.1) is 23.7 Å². The second-order valence-corrected chi connectivity index (χ2v) is 4.32. The molecule has 2 rings (SSSR count). The number of aliphatic hydroxyl groups excluding tert-OH is 1. The molecule has 4 nitrogen and oxygen atoms in total. The molecule has 1 aromatic heterocycles. The van der Waals surface area contributed by atoms with Crippen LogP contribution in [0.1, 0.15) is 13.0 Å². The molecule has 1 heterocycles. The number of H-pyrrole nitrogens is 1. The SMILES string of the molecule is CC(CO)n1c(=O)[nH]c2c(Br)cccc21. The molecule has 2 N–H and O–H groups in total. The van der Waals surface area contributed by atoms with E-state index in [1.807, 2.05) is 18.2 Å². The van der Waals surface area contributed by atoms with Crippen molar-refractivity contribution in [1.29, 1.82) is 0 Å². The Morgan fingerprint density at radius 1 is 1.60 bits per heavy atom. The smallest absolute Gasteiger partial charge is 0.326 e. The van der Waals surface area contributed by atoms with Crippen molar-refractivity contribution in [2.45, 2.75) is 13.0 Å². The Kier molecular flexibility index (Phi) is 2.67. The predicted octanol–water partition coefficient (Wildman–Crippen LogP) is 1.65. The molecule has 0 aliphatic rings. The van der Waals surface area contributed by atoms with Crippen molar-refractivity contribution in [2.24, 2.45) is 0 Å². The van der Waals surface area contributed by atoms with Gasteiger partial charge in [0.25, 0.3) is 0 Å². The Labute approximate surface area is 94.7 Å². The molecule has 1 atom stereocenters. The number of aliphatic hydroxyl groups is 1. The van der Waals surface area contributed by atoms with Crippen LogP contribution in [-0.2, 0) is 0 Å². The first-order valence-electron chi connectivity index (χ1n) is 4.64. The van der Waals surface area contributed by atoms with Gasteiger partial charge < -0.3 is 10.1 Å². The maximum Gasteiger partial charge on any atom is 0.326 e. The lowest BCUT2D eigenvalue weighted by molar-refractivity contribution is 0.239. The number of hydrogen-bond donors (Lipinski definition) is 2. The molecule has 0 saturated carbocycles. The van der Waals surface area contributed by atoms with Gasteiger partial charge in [0, 0.05) is 4.47 Å². The number of para-hydroxylation sites is 1. The van der Waals surface area contributed by atoms with E-state index < -0.39 is 0 Å². The minimum atomic E-state index is -0.222. The monoisotopic (exact) mass is 270 g/mol. The topological polar surface area (TPSA) is 58.0 Å². The van der Waals surface area contributed by atoms with E-state index in [9.17, 15) is 4.79 Å². The molecule has 0 aliphatic heterocycles. The van der Waals surface area contributed by atoms with Crippen LogP contribution in [0.4, 0.5) is 0 Å². The van der Waals surface area contributed by atoms with E-state index in [4.69, 9.17) is 5.11 Å². The molecular weight excluding hydrogens is 260 g/mol. The average Bonchev–Trinajstić information content (AvgIpc) is 2.55. The van der Waals surface area contributed by atoms with Crippen molar-refractivity contribution in [3.63, 3.8) is 0 Å². The molecule has 1 unspecified atom stereocenters. The van der Waals surface area contributed by atoms with Crippen molar-refractivity contribution in [1.82, 2.24) is 9.55 Å². The normalized spacial score (nSPS) is 13.3. The highest BCUT2D eigenvalue weighted by molar-refractivity contribution is 9.10. The van der Waals surface area contributed by atoms with Gasteiger partial charge in [-0.15, -0.1) is 0 Å². The summed E-state index contributed by atoms with van der Waals surface area (Å²) in [7, 11) is 0. The molecule has 0 amide bonds. The van der Waals surface area contributed by atoms with Gasteiger partial charge in [-0.2, -0.15) is 0 Å². The number of aromatic nitrogens is 2. The number of benzene rings is 1. The molecule has 2 aromatic rings. The predicted molar refractivity (Wildman–Crippen MR) is 62.1 cm³/mol. The zero-order valence-electron chi connectivity index (χ0n) is 8.20. The lowest BCUT2D eigenvalue weighted by atomic mass is 10.3. The van der Waals surface area contributed by atoms with Gasteiger partial charge in [-0.25, -0.2) is 4.79 Å². The van der Waals surface area contributed by atoms with Crippen LogP contribution in [0.5, 0.6) is 0 Å². The number of hydrogen-bond acceptors (Lipinski definition) is 2. The maximum atomic E-state index is 11.7. The summed E-state index contributed by atoms with van der Waals surface area (Å²) in [4.78, 5) is 14.4. The summed E-state index contributed by atoms with van der Waals surface area (Å²) in [6, 6.07) is 5.36. The van der Waals surface area contributed by atoms with Gasteiger partial charge >= 0.3 is 5.69 Å². The van der Waals surface area contributed by atoms with Crippen LogP contribution in [0.25, 0.3) is 11.0 Å². The van der Waals surface area contributed by atoms with E-state index in [2.05, 4.69) is 20.9 Å². The van der Waals surface area contributed by atoms with E-state index in [-0.39, 0.29) is 18.3 Å². The van der Waals surface area contributed by atoms with E-state index in [1.165, 1.54) is 0 Å². The number of rotatable bonds is 2. The molecule has 80 valence electrons. The summed E-state index contributed by atoms with van der Waals surface area (Å²) in [5.74, 6) is 0. The first-order chi connectivity index (χ1) is 7.15. The van der Waals surface area contributed by atoms with Crippen LogP contribution < -0.4 is 5.69 Å². The average molecular weight is 271 g/mol. The Morgan fingerprint density at radius 2 is 2.33 bits per heavy atom. The second kappa shape index (κ2) is 3.83. The third-order valence-electron chi connectivity index (χ3n) is 2.41. The number of nitrogens with one attached hydrogen (secondary N) is 1. The summed E-state index contributed by atoms with van der Waals surface area (Å²) in [5.41, 5.74) is 1.37. The first-order valence-corrected chi connectivity index (χ1v) is 5.44. The zero-order valence-corrected chi connectivity index (χ0v) is 9.78. The number of nitrogens with zero attached hydrogens (tertiary/aromatic N) is 1. The van der Waals surface area contributed by atoms with Gasteiger partial charge in [-0.1, -0.05) is 6.07 Å².